The zero-order chi connectivity index (χ0) is 17.5. The number of carbonyl (C=O) groups is 3. The smallest absolute Gasteiger partial charge is 0.356 e. The highest BCUT2D eigenvalue weighted by Crippen LogP contribution is 2.17. The van der Waals surface area contributed by atoms with Gasteiger partial charge in [0, 0.05) is 19.7 Å². The van der Waals surface area contributed by atoms with Gasteiger partial charge in [0.25, 0.3) is 5.91 Å². The lowest BCUT2D eigenvalue weighted by Gasteiger charge is -2.15. The van der Waals surface area contributed by atoms with Crippen LogP contribution in [0.15, 0.2) is 36.4 Å². The van der Waals surface area contributed by atoms with Gasteiger partial charge in [0.1, 0.15) is 5.69 Å². The summed E-state index contributed by atoms with van der Waals surface area (Å²) in [7, 11) is 2.93. The van der Waals surface area contributed by atoms with Crippen LogP contribution in [0.4, 0.5) is 0 Å². The summed E-state index contributed by atoms with van der Waals surface area (Å²) in [5, 5.41) is 9.04. The van der Waals surface area contributed by atoms with Crippen molar-refractivity contribution in [3.05, 3.63) is 42.1 Å². The first-order chi connectivity index (χ1) is 11.5. The highest BCUT2D eigenvalue weighted by atomic mass is 16.5. The van der Waals surface area contributed by atoms with Crippen LogP contribution in [-0.4, -0.2) is 60.1 Å². The Morgan fingerprint density at radius 2 is 1.96 bits per heavy atom. The van der Waals surface area contributed by atoms with Gasteiger partial charge in [0.2, 0.25) is 5.91 Å². The molecule has 0 radical (unpaired) electrons. The van der Waals surface area contributed by atoms with Crippen LogP contribution in [-0.2, 0) is 14.3 Å². The molecule has 8 heteroatoms. The van der Waals surface area contributed by atoms with E-state index in [1.807, 2.05) is 30.3 Å². The molecule has 0 spiro atoms. The average Bonchev–Trinajstić information content (AvgIpc) is 3.10. The van der Waals surface area contributed by atoms with Gasteiger partial charge < -0.3 is 15.0 Å². The van der Waals surface area contributed by atoms with Crippen LogP contribution in [0.5, 0.6) is 0 Å². The fourth-order valence-electron chi connectivity index (χ4n) is 1.88. The number of nitrogens with zero attached hydrogens (tertiary/aromatic N) is 2. The molecule has 0 bridgehead atoms. The number of likely N-dealkylation sites (N-methyl/N-ethyl adjacent to an activating group) is 2. The lowest BCUT2D eigenvalue weighted by atomic mass is 10.1. The second-order valence-electron chi connectivity index (χ2n) is 5.03. The highest BCUT2D eigenvalue weighted by molar-refractivity contribution is 5.91. The van der Waals surface area contributed by atoms with E-state index in [1.165, 1.54) is 19.0 Å². The molecular formula is C16H18N4O4. The number of hydrogen-bond acceptors (Lipinski definition) is 5. The van der Waals surface area contributed by atoms with E-state index in [4.69, 9.17) is 4.74 Å². The molecule has 0 atom stereocenters. The largest absolute Gasteiger partial charge is 0.451 e. The number of nitrogens with one attached hydrogen (secondary N) is 2. The molecule has 2 aromatic rings. The maximum absolute atomic E-state index is 12.0. The molecule has 126 valence electrons. The molecule has 1 aromatic heterocycles. The summed E-state index contributed by atoms with van der Waals surface area (Å²) in [6, 6.07) is 10.9. The van der Waals surface area contributed by atoms with Crippen LogP contribution >= 0.6 is 0 Å². The molecule has 0 saturated carbocycles. The van der Waals surface area contributed by atoms with Gasteiger partial charge in [-0.25, -0.2) is 4.79 Å². The van der Waals surface area contributed by atoms with Crippen LogP contribution in [0.3, 0.4) is 0 Å². The zero-order valence-electron chi connectivity index (χ0n) is 13.4. The van der Waals surface area contributed by atoms with Crippen LogP contribution in [0.2, 0.25) is 0 Å². The van der Waals surface area contributed by atoms with Crippen molar-refractivity contribution in [3.63, 3.8) is 0 Å². The predicted molar refractivity (Wildman–Crippen MR) is 86.0 cm³/mol. The van der Waals surface area contributed by atoms with E-state index in [-0.39, 0.29) is 18.1 Å². The van der Waals surface area contributed by atoms with E-state index in [0.717, 1.165) is 5.56 Å². The van der Waals surface area contributed by atoms with Crippen LogP contribution in [0, 0.1) is 0 Å². The molecule has 0 aliphatic heterocycles. The molecule has 1 aromatic carbocycles. The van der Waals surface area contributed by atoms with E-state index >= 15 is 0 Å². The molecule has 8 nitrogen and oxygen atoms in total. The number of ether oxygens (including phenoxy) is 1. The maximum atomic E-state index is 12.0. The first kappa shape index (κ1) is 17.2. The second kappa shape index (κ2) is 7.91. The average molecular weight is 330 g/mol. The number of esters is 1. The molecule has 0 aliphatic carbocycles. The van der Waals surface area contributed by atoms with E-state index in [9.17, 15) is 14.4 Å². The summed E-state index contributed by atoms with van der Waals surface area (Å²) in [6.45, 7) is -0.554. The van der Waals surface area contributed by atoms with Gasteiger partial charge in [-0.1, -0.05) is 30.3 Å². The number of H-pyrrole nitrogens is 1. The number of rotatable bonds is 6. The summed E-state index contributed by atoms with van der Waals surface area (Å²) in [6.07, 6.45) is 0. The Kier molecular flexibility index (Phi) is 5.67. The van der Waals surface area contributed by atoms with Crippen molar-refractivity contribution < 1.29 is 19.1 Å². The molecule has 0 saturated heterocycles. The maximum Gasteiger partial charge on any atom is 0.356 e. The van der Waals surface area contributed by atoms with Gasteiger partial charge in [0.15, 0.2) is 6.61 Å². The van der Waals surface area contributed by atoms with E-state index < -0.39 is 18.5 Å². The summed E-state index contributed by atoms with van der Waals surface area (Å²) in [4.78, 5) is 36.1. The minimum atomic E-state index is -0.689. The monoisotopic (exact) mass is 330 g/mol. The van der Waals surface area contributed by atoms with Gasteiger partial charge in [-0.15, -0.1) is 0 Å². The van der Waals surface area contributed by atoms with Crippen molar-refractivity contribution in [1.82, 2.24) is 20.4 Å². The Hall–Kier alpha value is -3.16. The Balaban J connectivity index is 1.90. The standard InChI is InChI=1S/C16H18N4O4/c1-17-14(21)9-20(2)15(22)10-24-16(23)13-8-12(18-19-13)11-6-4-3-5-7-11/h3-8H,9-10H2,1-2H3,(H,17,21)(H,18,19). The quantitative estimate of drug-likeness (QED) is 0.748. The van der Waals surface area contributed by atoms with Gasteiger partial charge >= 0.3 is 5.97 Å². The van der Waals surface area contributed by atoms with E-state index in [2.05, 4.69) is 15.5 Å². The molecule has 2 N–H and O–H groups in total. The lowest BCUT2D eigenvalue weighted by Crippen LogP contribution is -2.39. The van der Waals surface area contributed by atoms with Crippen molar-refractivity contribution in [2.24, 2.45) is 0 Å². The minimum Gasteiger partial charge on any atom is -0.451 e. The second-order valence-corrected chi connectivity index (χ2v) is 5.03. The van der Waals surface area contributed by atoms with Gasteiger partial charge in [0.05, 0.1) is 12.2 Å². The molecule has 2 rings (SSSR count). The number of aromatic amines is 1. The first-order valence-corrected chi connectivity index (χ1v) is 7.23. The molecule has 0 aliphatic rings. The van der Waals surface area contributed by atoms with E-state index in [1.54, 1.807) is 6.07 Å². The van der Waals surface area contributed by atoms with Crippen molar-refractivity contribution in [3.8, 4) is 11.3 Å². The Morgan fingerprint density at radius 1 is 1.25 bits per heavy atom. The Morgan fingerprint density at radius 3 is 2.62 bits per heavy atom. The Bertz CT molecular complexity index is 727. The molecule has 0 unspecified atom stereocenters. The van der Waals surface area contributed by atoms with Gasteiger partial charge in [-0.3, -0.25) is 14.7 Å². The van der Waals surface area contributed by atoms with Crippen LogP contribution in [0.1, 0.15) is 10.5 Å². The summed E-state index contributed by atoms with van der Waals surface area (Å²) in [5.41, 5.74) is 1.61. The summed E-state index contributed by atoms with van der Waals surface area (Å²) >= 11 is 0. The topological polar surface area (TPSA) is 104 Å². The number of amides is 2. The summed E-state index contributed by atoms with van der Waals surface area (Å²) < 4.78 is 4.94. The summed E-state index contributed by atoms with van der Waals surface area (Å²) in [5.74, 6) is -1.47. The number of hydrogen-bond donors (Lipinski definition) is 2. The Labute approximate surface area is 138 Å². The van der Waals surface area contributed by atoms with Crippen molar-refractivity contribution in [2.75, 3.05) is 27.2 Å². The molecule has 2 amide bonds. The first-order valence-electron chi connectivity index (χ1n) is 7.23. The van der Waals surface area contributed by atoms with Crippen LogP contribution in [0.25, 0.3) is 11.3 Å². The predicted octanol–water partition coefficient (Wildman–Crippen LogP) is 0.438. The lowest BCUT2D eigenvalue weighted by molar-refractivity contribution is -0.137. The molecule has 1 heterocycles. The fourth-order valence-corrected chi connectivity index (χ4v) is 1.88. The van der Waals surface area contributed by atoms with Gasteiger partial charge in [-0.05, 0) is 6.07 Å². The SMILES string of the molecule is CNC(=O)CN(C)C(=O)COC(=O)c1cc(-c2ccccc2)n[nH]1. The normalized spacial score (nSPS) is 10.1. The number of aromatic nitrogens is 2. The van der Waals surface area contributed by atoms with E-state index in [0.29, 0.717) is 5.69 Å². The van der Waals surface area contributed by atoms with Crippen molar-refractivity contribution in [1.29, 1.82) is 0 Å². The zero-order valence-corrected chi connectivity index (χ0v) is 13.4. The number of benzene rings is 1. The third kappa shape index (κ3) is 4.42. The van der Waals surface area contributed by atoms with Crippen molar-refractivity contribution in [2.45, 2.75) is 0 Å². The minimum absolute atomic E-state index is 0.102. The van der Waals surface area contributed by atoms with Gasteiger partial charge in [-0.2, -0.15) is 5.10 Å². The third-order valence-corrected chi connectivity index (χ3v) is 3.28. The molecule has 0 fully saturated rings. The highest BCUT2D eigenvalue weighted by Gasteiger charge is 2.17. The molecular weight excluding hydrogens is 312 g/mol. The number of carbonyl (C=O) groups excluding carboxylic acids is 3. The third-order valence-electron chi connectivity index (χ3n) is 3.28. The van der Waals surface area contributed by atoms with Crippen molar-refractivity contribution >= 4 is 17.8 Å². The molecule has 24 heavy (non-hydrogen) atoms. The van der Waals surface area contributed by atoms with Crippen LogP contribution < -0.4 is 5.32 Å². The fraction of sp³-hybridized carbons (Fsp3) is 0.250.